The van der Waals surface area contributed by atoms with Crippen molar-refractivity contribution >= 4 is 5.82 Å². The van der Waals surface area contributed by atoms with Crippen molar-refractivity contribution in [3.8, 4) is 0 Å². The van der Waals surface area contributed by atoms with Crippen molar-refractivity contribution in [2.24, 2.45) is 0 Å². The lowest BCUT2D eigenvalue weighted by molar-refractivity contribution is 0.0699. The van der Waals surface area contributed by atoms with E-state index >= 15 is 0 Å². The summed E-state index contributed by atoms with van der Waals surface area (Å²) in [5.74, 6) is 2.09. The standard InChI is InChI=1S/C13H23N3O/c1-7-17-10(4)13-14-11(9(2)3)8-12(15-13)16(5)6/h8-10H,7H2,1-6H3. The van der Waals surface area contributed by atoms with Crippen LogP contribution >= 0.6 is 0 Å². The molecule has 1 aromatic heterocycles. The lowest BCUT2D eigenvalue weighted by Gasteiger charge is -2.18. The number of aromatic nitrogens is 2. The Kier molecular flexibility index (Phi) is 4.87. The molecule has 0 spiro atoms. The van der Waals surface area contributed by atoms with E-state index in [-0.39, 0.29) is 6.10 Å². The predicted octanol–water partition coefficient (Wildman–Crippen LogP) is 2.76. The first-order valence-electron chi connectivity index (χ1n) is 6.13. The molecule has 1 rings (SSSR count). The molecule has 1 aromatic rings. The van der Waals surface area contributed by atoms with Gasteiger partial charge in [-0.3, -0.25) is 0 Å². The van der Waals surface area contributed by atoms with E-state index < -0.39 is 0 Å². The maximum Gasteiger partial charge on any atom is 0.159 e. The van der Waals surface area contributed by atoms with Crippen LogP contribution < -0.4 is 4.90 Å². The zero-order chi connectivity index (χ0) is 13.0. The Hall–Kier alpha value is -1.16. The molecule has 96 valence electrons. The Bertz CT molecular complexity index is 337. The second kappa shape index (κ2) is 5.96. The quantitative estimate of drug-likeness (QED) is 0.789. The number of rotatable bonds is 5. The summed E-state index contributed by atoms with van der Waals surface area (Å²) in [6, 6.07) is 2.03. The van der Waals surface area contributed by atoms with Crippen LogP contribution in [-0.2, 0) is 4.74 Å². The first-order chi connectivity index (χ1) is 7.95. The Morgan fingerprint density at radius 1 is 1.24 bits per heavy atom. The molecule has 1 heterocycles. The highest BCUT2D eigenvalue weighted by atomic mass is 16.5. The summed E-state index contributed by atoms with van der Waals surface area (Å²) in [6.07, 6.45) is -0.0580. The maximum atomic E-state index is 5.55. The second-order valence-corrected chi connectivity index (χ2v) is 4.66. The minimum atomic E-state index is -0.0580. The molecular weight excluding hydrogens is 214 g/mol. The second-order valence-electron chi connectivity index (χ2n) is 4.66. The van der Waals surface area contributed by atoms with Crippen LogP contribution in [0.5, 0.6) is 0 Å². The molecule has 17 heavy (non-hydrogen) atoms. The summed E-state index contributed by atoms with van der Waals surface area (Å²) >= 11 is 0. The number of hydrogen-bond donors (Lipinski definition) is 0. The van der Waals surface area contributed by atoms with E-state index in [9.17, 15) is 0 Å². The van der Waals surface area contributed by atoms with Gasteiger partial charge in [-0.1, -0.05) is 13.8 Å². The average Bonchev–Trinajstić information content (AvgIpc) is 2.28. The van der Waals surface area contributed by atoms with Gasteiger partial charge in [-0.05, 0) is 19.8 Å². The van der Waals surface area contributed by atoms with Gasteiger partial charge in [-0.15, -0.1) is 0 Å². The summed E-state index contributed by atoms with van der Waals surface area (Å²) in [4.78, 5) is 11.1. The van der Waals surface area contributed by atoms with Crippen molar-refractivity contribution in [1.82, 2.24) is 9.97 Å². The Morgan fingerprint density at radius 3 is 2.35 bits per heavy atom. The molecule has 0 saturated carbocycles. The van der Waals surface area contributed by atoms with Gasteiger partial charge in [0, 0.05) is 32.5 Å². The minimum Gasteiger partial charge on any atom is -0.371 e. The molecule has 4 heteroatoms. The van der Waals surface area contributed by atoms with Crippen LogP contribution in [0, 0.1) is 0 Å². The number of nitrogens with zero attached hydrogens (tertiary/aromatic N) is 3. The third-order valence-corrected chi connectivity index (χ3v) is 2.58. The van der Waals surface area contributed by atoms with Crippen molar-refractivity contribution < 1.29 is 4.74 Å². The van der Waals surface area contributed by atoms with Gasteiger partial charge < -0.3 is 9.64 Å². The van der Waals surface area contributed by atoms with Gasteiger partial charge in [-0.25, -0.2) is 9.97 Å². The van der Waals surface area contributed by atoms with E-state index in [4.69, 9.17) is 4.74 Å². The molecule has 0 amide bonds. The van der Waals surface area contributed by atoms with Crippen LogP contribution in [0.3, 0.4) is 0 Å². The Balaban J connectivity index is 3.12. The molecule has 0 aromatic carbocycles. The van der Waals surface area contributed by atoms with Gasteiger partial charge in [0.1, 0.15) is 11.9 Å². The molecule has 0 aliphatic carbocycles. The average molecular weight is 237 g/mol. The molecule has 0 saturated heterocycles. The Morgan fingerprint density at radius 2 is 1.88 bits per heavy atom. The van der Waals surface area contributed by atoms with E-state index in [0.717, 1.165) is 17.3 Å². The topological polar surface area (TPSA) is 38.2 Å². The van der Waals surface area contributed by atoms with Crippen molar-refractivity contribution in [2.45, 2.75) is 39.7 Å². The molecule has 1 atom stereocenters. The minimum absolute atomic E-state index is 0.0580. The van der Waals surface area contributed by atoms with Gasteiger partial charge in [0.05, 0.1) is 0 Å². The molecule has 1 unspecified atom stereocenters. The van der Waals surface area contributed by atoms with E-state index in [0.29, 0.717) is 12.5 Å². The van der Waals surface area contributed by atoms with E-state index in [1.165, 1.54) is 0 Å². The maximum absolute atomic E-state index is 5.55. The van der Waals surface area contributed by atoms with Crippen molar-refractivity contribution in [3.05, 3.63) is 17.6 Å². The number of ether oxygens (including phenoxy) is 1. The number of anilines is 1. The SMILES string of the molecule is CCOC(C)c1nc(C(C)C)cc(N(C)C)n1. The Labute approximate surface area is 104 Å². The molecular formula is C13H23N3O. The van der Waals surface area contributed by atoms with Crippen LogP contribution in [0.4, 0.5) is 5.82 Å². The predicted molar refractivity (Wildman–Crippen MR) is 70.5 cm³/mol. The van der Waals surface area contributed by atoms with Gasteiger partial charge in [0.25, 0.3) is 0 Å². The highest BCUT2D eigenvalue weighted by Crippen LogP contribution is 2.21. The molecule has 0 fully saturated rings. The van der Waals surface area contributed by atoms with Crippen LogP contribution in [0.15, 0.2) is 6.07 Å². The van der Waals surface area contributed by atoms with Gasteiger partial charge in [0.2, 0.25) is 0 Å². The van der Waals surface area contributed by atoms with Crippen LogP contribution in [-0.4, -0.2) is 30.7 Å². The zero-order valence-electron chi connectivity index (χ0n) is 11.7. The van der Waals surface area contributed by atoms with E-state index in [1.807, 2.05) is 38.9 Å². The van der Waals surface area contributed by atoms with Crippen LogP contribution in [0.1, 0.15) is 51.2 Å². The van der Waals surface area contributed by atoms with Crippen LogP contribution in [0.25, 0.3) is 0 Å². The van der Waals surface area contributed by atoms with Crippen molar-refractivity contribution in [1.29, 1.82) is 0 Å². The summed E-state index contributed by atoms with van der Waals surface area (Å²) in [6.45, 7) is 8.92. The summed E-state index contributed by atoms with van der Waals surface area (Å²) in [5, 5.41) is 0. The summed E-state index contributed by atoms with van der Waals surface area (Å²) in [7, 11) is 3.98. The number of hydrogen-bond acceptors (Lipinski definition) is 4. The van der Waals surface area contributed by atoms with Gasteiger partial charge in [-0.2, -0.15) is 0 Å². The van der Waals surface area contributed by atoms with Gasteiger partial charge >= 0.3 is 0 Å². The third kappa shape index (κ3) is 3.66. The highest BCUT2D eigenvalue weighted by Gasteiger charge is 2.14. The normalized spacial score (nSPS) is 12.9. The monoisotopic (exact) mass is 237 g/mol. The van der Waals surface area contributed by atoms with E-state index in [1.54, 1.807) is 0 Å². The fraction of sp³-hybridized carbons (Fsp3) is 0.692. The fourth-order valence-corrected chi connectivity index (χ4v) is 1.50. The highest BCUT2D eigenvalue weighted by molar-refractivity contribution is 5.38. The smallest absolute Gasteiger partial charge is 0.159 e. The third-order valence-electron chi connectivity index (χ3n) is 2.58. The lowest BCUT2D eigenvalue weighted by atomic mass is 10.1. The van der Waals surface area contributed by atoms with E-state index in [2.05, 4.69) is 23.8 Å². The van der Waals surface area contributed by atoms with Crippen molar-refractivity contribution in [3.63, 3.8) is 0 Å². The molecule has 0 bridgehead atoms. The van der Waals surface area contributed by atoms with Crippen molar-refractivity contribution in [2.75, 3.05) is 25.6 Å². The molecule has 0 radical (unpaired) electrons. The summed E-state index contributed by atoms with van der Waals surface area (Å²) in [5.41, 5.74) is 1.06. The summed E-state index contributed by atoms with van der Waals surface area (Å²) < 4.78 is 5.55. The zero-order valence-corrected chi connectivity index (χ0v) is 11.7. The first-order valence-corrected chi connectivity index (χ1v) is 6.13. The lowest BCUT2D eigenvalue weighted by Crippen LogP contribution is -2.15. The first kappa shape index (κ1) is 13.9. The molecule has 4 nitrogen and oxygen atoms in total. The largest absolute Gasteiger partial charge is 0.371 e. The molecule has 0 aliphatic rings. The molecule has 0 N–H and O–H groups in total. The fourth-order valence-electron chi connectivity index (χ4n) is 1.50. The van der Waals surface area contributed by atoms with Gasteiger partial charge in [0.15, 0.2) is 5.82 Å². The molecule has 0 aliphatic heterocycles. The van der Waals surface area contributed by atoms with Crippen LogP contribution in [0.2, 0.25) is 0 Å².